The van der Waals surface area contributed by atoms with Crippen molar-refractivity contribution < 1.29 is 9.53 Å². The molecule has 0 radical (unpaired) electrons. The number of carbonyl (C=O) groups excluding carboxylic acids is 1. The lowest BCUT2D eigenvalue weighted by atomic mass is 10.1. The van der Waals surface area contributed by atoms with Gasteiger partial charge in [-0.3, -0.25) is 4.79 Å². The van der Waals surface area contributed by atoms with Crippen LogP contribution in [0.25, 0.3) is 0 Å². The van der Waals surface area contributed by atoms with E-state index in [1.54, 1.807) is 0 Å². The molecule has 2 nitrogen and oxygen atoms in total. The van der Waals surface area contributed by atoms with E-state index in [1.165, 1.54) is 25.7 Å². The Bertz CT molecular complexity index is 196. The third-order valence-electron chi connectivity index (χ3n) is 2.49. The monoisotopic (exact) mass is 196 g/mol. The maximum Gasteiger partial charge on any atom is 0.306 e. The van der Waals surface area contributed by atoms with Crippen LogP contribution in [0, 0.1) is 0 Å². The van der Waals surface area contributed by atoms with Crippen molar-refractivity contribution in [3.8, 4) is 0 Å². The van der Waals surface area contributed by atoms with Gasteiger partial charge in [0, 0.05) is 6.42 Å². The zero-order valence-electron chi connectivity index (χ0n) is 9.00. The first-order valence-electron chi connectivity index (χ1n) is 5.69. The molecule has 1 unspecified atom stereocenters. The third-order valence-corrected chi connectivity index (χ3v) is 2.49. The zero-order chi connectivity index (χ0) is 10.2. The van der Waals surface area contributed by atoms with E-state index < -0.39 is 0 Å². The van der Waals surface area contributed by atoms with E-state index in [2.05, 4.69) is 13.0 Å². The molecule has 1 rings (SSSR count). The van der Waals surface area contributed by atoms with Crippen molar-refractivity contribution in [3.63, 3.8) is 0 Å². The number of allylic oxidation sites excluding steroid dienone is 1. The lowest BCUT2D eigenvalue weighted by Crippen LogP contribution is -2.01. The Balaban J connectivity index is 2.00. The van der Waals surface area contributed by atoms with Crippen molar-refractivity contribution >= 4 is 5.97 Å². The van der Waals surface area contributed by atoms with Crippen LogP contribution in [0.1, 0.15) is 51.9 Å². The minimum Gasteiger partial charge on any atom is -0.458 e. The molecule has 1 saturated heterocycles. The molecule has 1 fully saturated rings. The molecule has 80 valence electrons. The predicted octanol–water partition coefficient (Wildman–Crippen LogP) is 3.22. The minimum absolute atomic E-state index is 0.0503. The predicted molar refractivity (Wildman–Crippen MR) is 57.0 cm³/mol. The highest BCUT2D eigenvalue weighted by Crippen LogP contribution is 2.15. The van der Waals surface area contributed by atoms with Crippen LogP contribution in [0.15, 0.2) is 12.2 Å². The highest BCUT2D eigenvalue weighted by Gasteiger charge is 2.19. The Hall–Kier alpha value is -0.790. The van der Waals surface area contributed by atoms with E-state index in [0.717, 1.165) is 12.8 Å². The molecule has 14 heavy (non-hydrogen) atoms. The summed E-state index contributed by atoms with van der Waals surface area (Å²) < 4.78 is 5.06. The van der Waals surface area contributed by atoms with Crippen LogP contribution in [-0.4, -0.2) is 12.1 Å². The SMILES string of the molecule is CCCCCC/C=C\C1CCC(=O)O1. The summed E-state index contributed by atoms with van der Waals surface area (Å²) in [7, 11) is 0. The second kappa shape index (κ2) is 6.63. The second-order valence-electron chi connectivity index (χ2n) is 3.84. The minimum atomic E-state index is -0.0503. The Morgan fingerprint density at radius 2 is 2.29 bits per heavy atom. The van der Waals surface area contributed by atoms with Gasteiger partial charge in [-0.1, -0.05) is 32.3 Å². The molecule has 1 aliphatic heterocycles. The highest BCUT2D eigenvalue weighted by molar-refractivity contribution is 5.71. The topological polar surface area (TPSA) is 26.3 Å². The van der Waals surface area contributed by atoms with Gasteiger partial charge in [-0.15, -0.1) is 0 Å². The Morgan fingerprint density at radius 1 is 1.43 bits per heavy atom. The summed E-state index contributed by atoms with van der Waals surface area (Å²) in [6.45, 7) is 2.22. The van der Waals surface area contributed by atoms with Gasteiger partial charge >= 0.3 is 5.97 Å². The van der Waals surface area contributed by atoms with Gasteiger partial charge in [0.15, 0.2) is 0 Å². The number of carbonyl (C=O) groups is 1. The van der Waals surface area contributed by atoms with E-state index in [-0.39, 0.29) is 12.1 Å². The first kappa shape index (κ1) is 11.3. The lowest BCUT2D eigenvalue weighted by Gasteiger charge is -2.01. The molecule has 0 aliphatic carbocycles. The molecule has 0 saturated carbocycles. The molecule has 0 amide bonds. The normalized spacial score (nSPS) is 21.8. The van der Waals surface area contributed by atoms with Crippen molar-refractivity contribution in [3.05, 3.63) is 12.2 Å². The van der Waals surface area contributed by atoms with E-state index in [4.69, 9.17) is 4.74 Å². The molecular weight excluding hydrogens is 176 g/mol. The molecule has 1 aliphatic rings. The molecule has 0 aromatic heterocycles. The van der Waals surface area contributed by atoms with Crippen LogP contribution in [0.3, 0.4) is 0 Å². The van der Waals surface area contributed by atoms with Crippen LogP contribution in [0.5, 0.6) is 0 Å². The molecular formula is C12H20O2. The quantitative estimate of drug-likeness (QED) is 0.370. The number of cyclic esters (lactones) is 1. The van der Waals surface area contributed by atoms with Crippen LogP contribution in [0.2, 0.25) is 0 Å². The number of esters is 1. The molecule has 0 bridgehead atoms. The standard InChI is InChI=1S/C12H20O2/c1-2-3-4-5-6-7-8-11-9-10-12(13)14-11/h7-8,11H,2-6,9-10H2,1H3/b8-7-. The summed E-state index contributed by atoms with van der Waals surface area (Å²) in [4.78, 5) is 10.8. The highest BCUT2D eigenvalue weighted by atomic mass is 16.5. The average Bonchev–Trinajstić information content (AvgIpc) is 2.58. The first-order chi connectivity index (χ1) is 6.83. The van der Waals surface area contributed by atoms with Crippen LogP contribution >= 0.6 is 0 Å². The fourth-order valence-corrected chi connectivity index (χ4v) is 1.62. The fraction of sp³-hybridized carbons (Fsp3) is 0.750. The van der Waals surface area contributed by atoms with Gasteiger partial charge in [0.05, 0.1) is 0 Å². The third kappa shape index (κ3) is 4.45. The number of unbranched alkanes of at least 4 members (excludes halogenated alkanes) is 4. The average molecular weight is 196 g/mol. The van der Waals surface area contributed by atoms with Gasteiger partial charge in [-0.25, -0.2) is 0 Å². The molecule has 2 heteroatoms. The molecule has 1 atom stereocenters. The number of hydrogen-bond acceptors (Lipinski definition) is 2. The van der Waals surface area contributed by atoms with E-state index in [9.17, 15) is 4.79 Å². The maximum absolute atomic E-state index is 10.8. The van der Waals surface area contributed by atoms with Crippen molar-refractivity contribution in [1.29, 1.82) is 0 Å². The van der Waals surface area contributed by atoms with Gasteiger partial charge in [0.25, 0.3) is 0 Å². The van der Waals surface area contributed by atoms with Crippen molar-refractivity contribution in [1.82, 2.24) is 0 Å². The van der Waals surface area contributed by atoms with Gasteiger partial charge in [-0.2, -0.15) is 0 Å². The molecule has 0 N–H and O–H groups in total. The number of ether oxygens (including phenoxy) is 1. The molecule has 0 aromatic rings. The Kier molecular flexibility index (Phi) is 5.35. The largest absolute Gasteiger partial charge is 0.458 e. The fourth-order valence-electron chi connectivity index (χ4n) is 1.62. The van der Waals surface area contributed by atoms with Crippen LogP contribution < -0.4 is 0 Å². The van der Waals surface area contributed by atoms with Gasteiger partial charge in [0.2, 0.25) is 0 Å². The van der Waals surface area contributed by atoms with Gasteiger partial charge < -0.3 is 4.74 Å². The zero-order valence-corrected chi connectivity index (χ0v) is 9.00. The summed E-state index contributed by atoms with van der Waals surface area (Å²) in [6, 6.07) is 0. The van der Waals surface area contributed by atoms with Crippen LogP contribution in [0.4, 0.5) is 0 Å². The van der Waals surface area contributed by atoms with Crippen molar-refractivity contribution in [2.75, 3.05) is 0 Å². The van der Waals surface area contributed by atoms with E-state index >= 15 is 0 Å². The summed E-state index contributed by atoms with van der Waals surface area (Å²) in [6.07, 6.45) is 12.0. The maximum atomic E-state index is 10.8. The van der Waals surface area contributed by atoms with E-state index in [1.807, 2.05) is 6.08 Å². The Morgan fingerprint density at radius 3 is 2.93 bits per heavy atom. The summed E-state index contributed by atoms with van der Waals surface area (Å²) in [5.41, 5.74) is 0. The Labute approximate surface area is 86.3 Å². The smallest absolute Gasteiger partial charge is 0.306 e. The molecule has 1 heterocycles. The lowest BCUT2D eigenvalue weighted by molar-refractivity contribution is -0.139. The van der Waals surface area contributed by atoms with Crippen LogP contribution in [-0.2, 0) is 9.53 Å². The second-order valence-corrected chi connectivity index (χ2v) is 3.84. The summed E-state index contributed by atoms with van der Waals surface area (Å²) in [5, 5.41) is 0. The van der Waals surface area contributed by atoms with Gasteiger partial charge in [0.1, 0.15) is 6.10 Å². The van der Waals surface area contributed by atoms with Crippen molar-refractivity contribution in [2.45, 2.75) is 58.0 Å². The molecule has 0 aromatic carbocycles. The first-order valence-corrected chi connectivity index (χ1v) is 5.69. The van der Waals surface area contributed by atoms with E-state index in [0.29, 0.717) is 6.42 Å². The summed E-state index contributed by atoms with van der Waals surface area (Å²) in [5.74, 6) is -0.0503. The number of rotatable bonds is 6. The number of hydrogen-bond donors (Lipinski definition) is 0. The van der Waals surface area contributed by atoms with Crippen molar-refractivity contribution in [2.24, 2.45) is 0 Å². The summed E-state index contributed by atoms with van der Waals surface area (Å²) >= 11 is 0. The van der Waals surface area contributed by atoms with Gasteiger partial charge in [-0.05, 0) is 25.3 Å². The molecule has 0 spiro atoms.